The summed E-state index contributed by atoms with van der Waals surface area (Å²) in [6.07, 6.45) is 7.54. The van der Waals surface area contributed by atoms with Gasteiger partial charge in [-0.25, -0.2) is 0 Å². The first kappa shape index (κ1) is 15.9. The molecule has 0 saturated heterocycles. The highest BCUT2D eigenvalue weighted by molar-refractivity contribution is 5.95. The smallest absolute Gasteiger partial charge is 0.0578 e. The van der Waals surface area contributed by atoms with Gasteiger partial charge in [-0.2, -0.15) is 0 Å². The van der Waals surface area contributed by atoms with Crippen molar-refractivity contribution >= 4 is 17.0 Å². The fourth-order valence-corrected chi connectivity index (χ4v) is 5.20. The fourth-order valence-electron chi connectivity index (χ4n) is 5.20. The average Bonchev–Trinajstić information content (AvgIpc) is 3.07. The Balaban J connectivity index is 1.66. The zero-order chi connectivity index (χ0) is 18.9. The molecular formula is C26H22N2. The number of hydrogen-bond acceptors (Lipinski definition) is 1. The predicted octanol–water partition coefficient (Wildman–Crippen LogP) is 6.02. The summed E-state index contributed by atoms with van der Waals surface area (Å²) >= 11 is 0. The third-order valence-electron chi connectivity index (χ3n) is 6.60. The molecule has 6 rings (SSSR count). The third-order valence-corrected chi connectivity index (χ3v) is 6.60. The molecule has 1 aliphatic carbocycles. The molecule has 3 heterocycles. The zero-order valence-corrected chi connectivity index (χ0v) is 16.2. The van der Waals surface area contributed by atoms with Crippen molar-refractivity contribution < 1.29 is 0 Å². The number of hydrogen-bond donors (Lipinski definition) is 0. The second kappa shape index (κ2) is 5.45. The summed E-state index contributed by atoms with van der Waals surface area (Å²) in [6, 6.07) is 21.9. The molecule has 2 aliphatic rings. The van der Waals surface area contributed by atoms with Gasteiger partial charge in [0.05, 0.1) is 11.2 Å². The van der Waals surface area contributed by atoms with Crippen LogP contribution in [0.25, 0.3) is 22.7 Å². The first-order chi connectivity index (χ1) is 13.7. The largest absolute Gasteiger partial charge is 0.309 e. The van der Waals surface area contributed by atoms with Crippen LogP contribution in [0.3, 0.4) is 0 Å². The van der Waals surface area contributed by atoms with Gasteiger partial charge in [0.2, 0.25) is 0 Å². The van der Waals surface area contributed by atoms with Crippen LogP contribution in [-0.4, -0.2) is 9.55 Å². The molecule has 2 aromatic carbocycles. The first-order valence-corrected chi connectivity index (χ1v) is 10.0. The van der Waals surface area contributed by atoms with E-state index in [2.05, 4.69) is 90.1 Å². The van der Waals surface area contributed by atoms with Crippen LogP contribution >= 0.6 is 0 Å². The lowest BCUT2D eigenvalue weighted by atomic mass is 9.74. The van der Waals surface area contributed by atoms with Gasteiger partial charge in [-0.15, -0.1) is 0 Å². The van der Waals surface area contributed by atoms with E-state index >= 15 is 0 Å². The first-order valence-electron chi connectivity index (χ1n) is 10.0. The molecule has 2 aromatic heterocycles. The van der Waals surface area contributed by atoms with E-state index in [0.29, 0.717) is 5.92 Å². The van der Waals surface area contributed by atoms with Crippen molar-refractivity contribution in [2.24, 2.45) is 0 Å². The normalized spacial score (nSPS) is 18.7. The molecule has 0 spiro atoms. The molecule has 0 saturated carbocycles. The van der Waals surface area contributed by atoms with Crippen LogP contribution in [0, 0.1) is 0 Å². The van der Waals surface area contributed by atoms with Crippen LogP contribution in [0.2, 0.25) is 0 Å². The van der Waals surface area contributed by atoms with Gasteiger partial charge in [0, 0.05) is 34.3 Å². The highest BCUT2D eigenvalue weighted by Gasteiger charge is 2.36. The van der Waals surface area contributed by atoms with Crippen molar-refractivity contribution in [3.63, 3.8) is 0 Å². The monoisotopic (exact) mass is 362 g/mol. The number of fused-ring (bicyclic) bond motifs is 5. The SMILES string of the molecule is CC1(C)c2ccccc2-n2c3c(c4cccc1c42)CC(c1ccccn1)C=C3. The van der Waals surface area contributed by atoms with E-state index in [1.54, 1.807) is 0 Å². The lowest BCUT2D eigenvalue weighted by molar-refractivity contribution is 0.628. The Labute approximate surface area is 165 Å². The van der Waals surface area contributed by atoms with Gasteiger partial charge in [0.1, 0.15) is 0 Å². The van der Waals surface area contributed by atoms with Crippen LogP contribution < -0.4 is 0 Å². The van der Waals surface area contributed by atoms with Crippen LogP contribution in [0.1, 0.15) is 47.8 Å². The lowest BCUT2D eigenvalue weighted by Gasteiger charge is -2.34. The number of rotatable bonds is 1. The van der Waals surface area contributed by atoms with Crippen molar-refractivity contribution in [2.45, 2.75) is 31.6 Å². The van der Waals surface area contributed by atoms with Crippen molar-refractivity contribution in [1.29, 1.82) is 0 Å². The molecule has 1 unspecified atom stereocenters. The van der Waals surface area contributed by atoms with Crippen molar-refractivity contribution in [3.8, 4) is 5.69 Å². The summed E-state index contributed by atoms with van der Waals surface area (Å²) < 4.78 is 2.49. The molecule has 2 nitrogen and oxygen atoms in total. The Morgan fingerprint density at radius 2 is 1.75 bits per heavy atom. The second-order valence-corrected chi connectivity index (χ2v) is 8.47. The number of para-hydroxylation sites is 2. The van der Waals surface area contributed by atoms with Crippen molar-refractivity contribution in [2.75, 3.05) is 0 Å². The zero-order valence-electron chi connectivity index (χ0n) is 16.2. The van der Waals surface area contributed by atoms with Crippen LogP contribution in [0.5, 0.6) is 0 Å². The number of nitrogens with zero attached hydrogens (tertiary/aromatic N) is 2. The van der Waals surface area contributed by atoms with Crippen LogP contribution in [0.4, 0.5) is 0 Å². The van der Waals surface area contributed by atoms with Gasteiger partial charge < -0.3 is 4.57 Å². The average molecular weight is 362 g/mol. The van der Waals surface area contributed by atoms with Gasteiger partial charge in [-0.05, 0) is 47.4 Å². The van der Waals surface area contributed by atoms with Gasteiger partial charge in [0.15, 0.2) is 0 Å². The highest BCUT2D eigenvalue weighted by atomic mass is 15.0. The Hall–Kier alpha value is -3.13. The topological polar surface area (TPSA) is 17.8 Å². The highest BCUT2D eigenvalue weighted by Crippen LogP contribution is 2.48. The quantitative estimate of drug-likeness (QED) is 0.405. The maximum atomic E-state index is 4.61. The van der Waals surface area contributed by atoms with E-state index in [1.807, 2.05) is 12.3 Å². The third kappa shape index (κ3) is 1.95. The Morgan fingerprint density at radius 3 is 2.61 bits per heavy atom. The molecule has 28 heavy (non-hydrogen) atoms. The van der Waals surface area contributed by atoms with E-state index < -0.39 is 0 Å². The summed E-state index contributed by atoms with van der Waals surface area (Å²) in [5.74, 6) is 0.334. The number of aromatic nitrogens is 2. The van der Waals surface area contributed by atoms with Crippen molar-refractivity contribution in [3.05, 3.63) is 101 Å². The number of allylic oxidation sites excluding steroid dienone is 1. The maximum Gasteiger partial charge on any atom is 0.0578 e. The summed E-state index contributed by atoms with van der Waals surface area (Å²) in [6.45, 7) is 4.70. The van der Waals surface area contributed by atoms with E-state index in [4.69, 9.17) is 0 Å². The number of benzene rings is 2. The summed E-state index contributed by atoms with van der Waals surface area (Å²) in [5.41, 5.74) is 9.43. The van der Waals surface area contributed by atoms with Gasteiger partial charge in [-0.3, -0.25) is 4.98 Å². The van der Waals surface area contributed by atoms with Crippen LogP contribution in [-0.2, 0) is 11.8 Å². The van der Waals surface area contributed by atoms with Gasteiger partial charge >= 0.3 is 0 Å². The molecule has 136 valence electrons. The Kier molecular flexibility index (Phi) is 3.09. The molecule has 0 bridgehead atoms. The molecule has 1 atom stereocenters. The Morgan fingerprint density at radius 1 is 0.929 bits per heavy atom. The maximum absolute atomic E-state index is 4.61. The molecule has 4 aromatic rings. The predicted molar refractivity (Wildman–Crippen MR) is 115 cm³/mol. The van der Waals surface area contributed by atoms with E-state index in [-0.39, 0.29) is 5.41 Å². The van der Waals surface area contributed by atoms with Crippen molar-refractivity contribution in [1.82, 2.24) is 9.55 Å². The summed E-state index contributed by atoms with van der Waals surface area (Å²) in [5, 5.41) is 1.39. The molecule has 0 amide bonds. The molecule has 0 N–H and O–H groups in total. The van der Waals surface area contributed by atoms with E-state index in [1.165, 1.54) is 39.0 Å². The minimum atomic E-state index is -0.00283. The molecule has 0 radical (unpaired) electrons. The minimum absolute atomic E-state index is 0.00283. The van der Waals surface area contributed by atoms with E-state index in [9.17, 15) is 0 Å². The molecule has 2 heteroatoms. The lowest BCUT2D eigenvalue weighted by Crippen LogP contribution is -2.26. The Bertz CT molecular complexity index is 1260. The number of pyridine rings is 1. The van der Waals surface area contributed by atoms with Gasteiger partial charge in [-0.1, -0.05) is 62.4 Å². The second-order valence-electron chi connectivity index (χ2n) is 8.47. The molecule has 0 fully saturated rings. The minimum Gasteiger partial charge on any atom is -0.309 e. The summed E-state index contributed by atoms with van der Waals surface area (Å²) in [7, 11) is 0. The fraction of sp³-hybridized carbons (Fsp3) is 0.192. The molecular weight excluding hydrogens is 340 g/mol. The standard InChI is InChI=1S/C26H22N2/c1-26(2)20-9-3-4-12-24(20)28-23-14-13-17(22-11-5-6-15-27-22)16-19(23)18-8-7-10-21(26)25(18)28/h3-15,17H,16H2,1-2H3. The van der Waals surface area contributed by atoms with Gasteiger partial charge in [0.25, 0.3) is 0 Å². The summed E-state index contributed by atoms with van der Waals surface area (Å²) in [4.78, 5) is 4.61. The van der Waals surface area contributed by atoms with Crippen LogP contribution in [0.15, 0.2) is 72.9 Å². The van der Waals surface area contributed by atoms with E-state index in [0.717, 1.165) is 12.1 Å². The molecule has 1 aliphatic heterocycles.